The number of hydrogen-bond acceptors (Lipinski definition) is 3. The van der Waals surface area contributed by atoms with Crippen LogP contribution in [0.2, 0.25) is 0 Å². The zero-order valence-corrected chi connectivity index (χ0v) is 14.4. The average Bonchev–Trinajstić information content (AvgIpc) is 2.56. The number of halogens is 1. The number of rotatable bonds is 4. The van der Waals surface area contributed by atoms with Crippen LogP contribution in [-0.4, -0.2) is 11.9 Å². The van der Waals surface area contributed by atoms with Crippen LogP contribution in [0.15, 0.2) is 54.6 Å². The first-order valence-electron chi connectivity index (χ1n) is 8.19. The monoisotopic (exact) mass is 345 g/mol. The Morgan fingerprint density at radius 3 is 2.42 bits per heavy atom. The molecule has 24 heavy (non-hydrogen) atoms. The molecule has 5 heteroatoms. The van der Waals surface area contributed by atoms with Crippen molar-refractivity contribution in [1.29, 1.82) is 0 Å². The molecule has 2 aromatic rings. The van der Waals surface area contributed by atoms with Gasteiger partial charge in [-0.2, -0.15) is 0 Å². The summed E-state index contributed by atoms with van der Waals surface area (Å²) in [6.45, 7) is 0. The van der Waals surface area contributed by atoms with Gasteiger partial charge in [0.25, 0.3) is 0 Å². The summed E-state index contributed by atoms with van der Waals surface area (Å²) in [6.07, 6.45) is 3.78. The Bertz CT molecular complexity index is 663. The number of carbonyl (C=O) groups excluding carboxylic acids is 1. The van der Waals surface area contributed by atoms with Gasteiger partial charge in [-0.05, 0) is 49.6 Å². The topological polar surface area (TPSA) is 67.2 Å². The van der Waals surface area contributed by atoms with Crippen molar-refractivity contribution in [3.63, 3.8) is 0 Å². The van der Waals surface area contributed by atoms with Gasteiger partial charge in [0.1, 0.15) is 0 Å². The van der Waals surface area contributed by atoms with E-state index in [1.807, 2.05) is 54.6 Å². The third-order valence-corrected chi connectivity index (χ3v) is 4.28. The van der Waals surface area contributed by atoms with E-state index in [9.17, 15) is 4.79 Å². The van der Waals surface area contributed by atoms with Crippen LogP contribution in [0.1, 0.15) is 25.7 Å². The maximum atomic E-state index is 12.4. The molecule has 4 N–H and O–H groups in total. The number of benzene rings is 2. The summed E-state index contributed by atoms with van der Waals surface area (Å²) in [6, 6.07) is 17.9. The molecule has 128 valence electrons. The van der Waals surface area contributed by atoms with E-state index < -0.39 is 0 Å². The average molecular weight is 346 g/mol. The smallest absolute Gasteiger partial charge is 0.227 e. The number of amides is 1. The van der Waals surface area contributed by atoms with Gasteiger partial charge in [-0.1, -0.05) is 30.7 Å². The maximum Gasteiger partial charge on any atom is 0.227 e. The summed E-state index contributed by atoms with van der Waals surface area (Å²) in [5, 5.41) is 6.36. The van der Waals surface area contributed by atoms with E-state index in [1.165, 1.54) is 0 Å². The van der Waals surface area contributed by atoms with Gasteiger partial charge in [0.05, 0.1) is 0 Å². The molecule has 3 rings (SSSR count). The second-order valence-corrected chi connectivity index (χ2v) is 6.18. The molecule has 1 aliphatic carbocycles. The molecule has 1 saturated carbocycles. The van der Waals surface area contributed by atoms with Crippen LogP contribution in [0.25, 0.3) is 0 Å². The lowest BCUT2D eigenvalue weighted by Gasteiger charge is -2.25. The molecular formula is C19H24ClN3O. The summed E-state index contributed by atoms with van der Waals surface area (Å²) in [4.78, 5) is 12.4. The molecule has 2 unspecified atom stereocenters. The fourth-order valence-corrected chi connectivity index (χ4v) is 3.07. The van der Waals surface area contributed by atoms with Gasteiger partial charge in [-0.3, -0.25) is 4.79 Å². The zero-order valence-electron chi connectivity index (χ0n) is 13.6. The highest BCUT2D eigenvalue weighted by Gasteiger charge is 2.25. The van der Waals surface area contributed by atoms with E-state index >= 15 is 0 Å². The lowest BCUT2D eigenvalue weighted by atomic mass is 9.85. The highest BCUT2D eigenvalue weighted by atomic mass is 35.5. The predicted octanol–water partition coefficient (Wildman–Crippen LogP) is 4.31. The first-order chi connectivity index (χ1) is 11.2. The Morgan fingerprint density at radius 2 is 1.67 bits per heavy atom. The molecule has 0 spiro atoms. The highest BCUT2D eigenvalue weighted by Crippen LogP contribution is 2.25. The van der Waals surface area contributed by atoms with Crippen LogP contribution in [0, 0.1) is 5.92 Å². The zero-order chi connectivity index (χ0) is 16.1. The van der Waals surface area contributed by atoms with E-state index in [1.54, 1.807) is 0 Å². The van der Waals surface area contributed by atoms with E-state index in [0.717, 1.165) is 42.7 Å². The van der Waals surface area contributed by atoms with Crippen molar-refractivity contribution in [2.75, 3.05) is 10.6 Å². The van der Waals surface area contributed by atoms with E-state index in [2.05, 4.69) is 10.6 Å². The van der Waals surface area contributed by atoms with Gasteiger partial charge in [0.2, 0.25) is 5.91 Å². The number of anilines is 3. The second kappa shape index (κ2) is 8.71. The van der Waals surface area contributed by atoms with Crippen molar-refractivity contribution in [2.45, 2.75) is 31.7 Å². The van der Waals surface area contributed by atoms with Crippen molar-refractivity contribution < 1.29 is 4.79 Å². The fraction of sp³-hybridized carbons (Fsp3) is 0.316. The van der Waals surface area contributed by atoms with Crippen LogP contribution < -0.4 is 16.4 Å². The molecule has 0 aromatic heterocycles. The molecule has 0 heterocycles. The van der Waals surface area contributed by atoms with Gasteiger partial charge < -0.3 is 16.4 Å². The van der Waals surface area contributed by atoms with Gasteiger partial charge in [0.15, 0.2) is 0 Å². The van der Waals surface area contributed by atoms with Gasteiger partial charge in [-0.25, -0.2) is 0 Å². The third-order valence-electron chi connectivity index (χ3n) is 4.28. The molecular weight excluding hydrogens is 322 g/mol. The minimum Gasteiger partial charge on any atom is -0.355 e. The molecule has 1 aliphatic rings. The van der Waals surface area contributed by atoms with Crippen LogP contribution in [-0.2, 0) is 4.79 Å². The Kier molecular flexibility index (Phi) is 6.64. The molecule has 0 saturated heterocycles. The number of carbonyl (C=O) groups is 1. The lowest BCUT2D eigenvalue weighted by Crippen LogP contribution is -2.34. The number of para-hydroxylation sites is 1. The Hall–Kier alpha value is -2.04. The number of nitrogens with two attached hydrogens (primary N) is 1. The quantitative estimate of drug-likeness (QED) is 0.773. The highest BCUT2D eigenvalue weighted by molar-refractivity contribution is 5.93. The molecule has 2 atom stereocenters. The minimum atomic E-state index is 0. The third kappa shape index (κ3) is 4.98. The number of nitrogens with one attached hydrogen (secondary N) is 2. The van der Waals surface area contributed by atoms with E-state index in [0.29, 0.717) is 0 Å². The molecule has 1 amide bonds. The molecule has 0 aliphatic heterocycles. The van der Waals surface area contributed by atoms with Crippen LogP contribution in [0.4, 0.5) is 17.1 Å². The van der Waals surface area contributed by atoms with Crippen molar-refractivity contribution in [1.82, 2.24) is 0 Å². The second-order valence-electron chi connectivity index (χ2n) is 6.18. The minimum absolute atomic E-state index is 0. The van der Waals surface area contributed by atoms with Crippen molar-refractivity contribution in [3.05, 3.63) is 54.6 Å². The van der Waals surface area contributed by atoms with Crippen molar-refractivity contribution >= 4 is 35.4 Å². The lowest BCUT2D eigenvalue weighted by molar-refractivity contribution is -0.120. The summed E-state index contributed by atoms with van der Waals surface area (Å²) < 4.78 is 0. The first kappa shape index (κ1) is 18.3. The molecule has 2 aromatic carbocycles. The van der Waals surface area contributed by atoms with Crippen molar-refractivity contribution in [3.8, 4) is 0 Å². The van der Waals surface area contributed by atoms with E-state index in [4.69, 9.17) is 5.73 Å². The Labute approximate surface area is 149 Å². The normalized spacial score (nSPS) is 19.9. The Morgan fingerprint density at radius 1 is 0.958 bits per heavy atom. The molecule has 0 radical (unpaired) electrons. The van der Waals surface area contributed by atoms with Gasteiger partial charge in [0, 0.05) is 29.0 Å². The summed E-state index contributed by atoms with van der Waals surface area (Å²) in [5.74, 6) is 0.112. The molecule has 4 nitrogen and oxygen atoms in total. The largest absolute Gasteiger partial charge is 0.355 e. The van der Waals surface area contributed by atoms with Crippen molar-refractivity contribution in [2.24, 2.45) is 11.7 Å². The first-order valence-corrected chi connectivity index (χ1v) is 8.19. The van der Waals surface area contributed by atoms with Crippen LogP contribution in [0.5, 0.6) is 0 Å². The molecule has 1 fully saturated rings. The fourth-order valence-electron chi connectivity index (χ4n) is 3.07. The maximum absolute atomic E-state index is 12.4. The SMILES string of the molecule is Cl.NC1CCCC(C(=O)Nc2cccc(Nc3ccccc3)c2)C1. The summed E-state index contributed by atoms with van der Waals surface area (Å²) in [7, 11) is 0. The standard InChI is InChI=1S/C19H23N3O.ClH/c20-15-7-4-6-14(12-15)19(23)22-18-11-5-10-17(13-18)21-16-8-2-1-3-9-16;/h1-3,5,8-11,13-15,21H,4,6-7,12,20H2,(H,22,23);1H. The van der Waals surface area contributed by atoms with Gasteiger partial charge in [-0.15, -0.1) is 12.4 Å². The number of hydrogen-bond donors (Lipinski definition) is 3. The van der Waals surface area contributed by atoms with Crippen LogP contribution >= 0.6 is 12.4 Å². The van der Waals surface area contributed by atoms with E-state index in [-0.39, 0.29) is 30.3 Å². The van der Waals surface area contributed by atoms with Gasteiger partial charge >= 0.3 is 0 Å². The summed E-state index contributed by atoms with van der Waals surface area (Å²) >= 11 is 0. The van der Waals surface area contributed by atoms with Crippen LogP contribution in [0.3, 0.4) is 0 Å². The molecule has 0 bridgehead atoms. The Balaban J connectivity index is 0.00000208. The summed E-state index contributed by atoms with van der Waals surface area (Å²) in [5.41, 5.74) is 8.77. The predicted molar refractivity (Wildman–Crippen MR) is 102 cm³/mol.